The molecule has 2 nitrogen and oxygen atoms in total. The van der Waals surface area contributed by atoms with Gasteiger partial charge in [0.2, 0.25) is 0 Å². The summed E-state index contributed by atoms with van der Waals surface area (Å²) in [5.41, 5.74) is 2.65. The van der Waals surface area contributed by atoms with Crippen molar-refractivity contribution in [1.29, 1.82) is 0 Å². The second-order valence-corrected chi connectivity index (χ2v) is 6.05. The lowest BCUT2D eigenvalue weighted by molar-refractivity contribution is 0.148. The minimum atomic E-state index is 0.128. The van der Waals surface area contributed by atoms with Gasteiger partial charge in [-0.3, -0.25) is 0 Å². The van der Waals surface area contributed by atoms with E-state index >= 15 is 0 Å². The quantitative estimate of drug-likeness (QED) is 0.805. The summed E-state index contributed by atoms with van der Waals surface area (Å²) in [4.78, 5) is 6.74. The van der Waals surface area contributed by atoms with Crippen LogP contribution in [-0.2, 0) is 11.3 Å². The molecule has 0 bridgehead atoms. The van der Waals surface area contributed by atoms with Crippen molar-refractivity contribution in [3.05, 3.63) is 66.2 Å². The lowest BCUT2D eigenvalue weighted by Crippen LogP contribution is -2.03. The highest BCUT2D eigenvalue weighted by Crippen LogP contribution is 2.30. The van der Waals surface area contributed by atoms with Crippen LogP contribution in [0.5, 0.6) is 0 Å². The van der Waals surface area contributed by atoms with Crippen molar-refractivity contribution in [2.75, 3.05) is 0 Å². The first-order valence-corrected chi connectivity index (χ1v) is 7.75. The van der Waals surface area contributed by atoms with E-state index in [0.717, 1.165) is 19.3 Å². The van der Waals surface area contributed by atoms with Gasteiger partial charge in [-0.15, -0.1) is 0 Å². The predicted octanol–water partition coefficient (Wildman–Crippen LogP) is 4.51. The Balaban J connectivity index is 1.47. The first-order valence-electron chi connectivity index (χ1n) is 6.87. The monoisotopic (exact) mass is 283 g/mol. The number of hydrogen-bond acceptors (Lipinski definition) is 3. The maximum atomic E-state index is 5.51. The molecule has 0 aromatic heterocycles. The van der Waals surface area contributed by atoms with Gasteiger partial charge in [-0.25, -0.2) is 0 Å². The molecular weight excluding hydrogens is 266 g/mol. The van der Waals surface area contributed by atoms with Crippen LogP contribution >= 0.6 is 11.8 Å². The lowest BCUT2D eigenvalue weighted by atomic mass is 10.1. The summed E-state index contributed by atoms with van der Waals surface area (Å²) in [7, 11) is 0. The Hall–Kier alpha value is -1.74. The van der Waals surface area contributed by atoms with Crippen LogP contribution in [0.3, 0.4) is 0 Å². The topological polar surface area (TPSA) is 21.6 Å². The van der Waals surface area contributed by atoms with Crippen LogP contribution in [0.4, 0.5) is 0 Å². The van der Waals surface area contributed by atoms with Gasteiger partial charge in [0.15, 0.2) is 5.44 Å². The van der Waals surface area contributed by atoms with Crippen LogP contribution in [0.1, 0.15) is 18.4 Å². The summed E-state index contributed by atoms with van der Waals surface area (Å²) in [6.45, 7) is 0. The largest absolute Gasteiger partial charge is 0.381 e. The van der Waals surface area contributed by atoms with Crippen LogP contribution in [0, 0.1) is 0 Å². The second-order valence-electron chi connectivity index (χ2n) is 4.81. The van der Waals surface area contributed by atoms with E-state index in [-0.39, 0.29) is 5.44 Å². The van der Waals surface area contributed by atoms with Crippen LogP contribution < -0.4 is 0 Å². The third-order valence-corrected chi connectivity index (χ3v) is 4.32. The first kappa shape index (κ1) is 13.3. The fourth-order valence-electron chi connectivity index (χ4n) is 2.20. The average molecular weight is 283 g/mol. The number of hydrogen-bond donors (Lipinski definition) is 0. The molecule has 2 aromatic carbocycles. The molecule has 1 unspecified atom stereocenters. The SMILES string of the molecule is c1ccc(CCC2=NOC(Sc3ccccc3)C2)cc1. The van der Waals surface area contributed by atoms with Gasteiger partial charge in [0.1, 0.15) is 0 Å². The van der Waals surface area contributed by atoms with Gasteiger partial charge in [0.25, 0.3) is 0 Å². The number of thioether (sulfide) groups is 1. The molecule has 0 saturated carbocycles. The van der Waals surface area contributed by atoms with E-state index in [9.17, 15) is 0 Å². The molecule has 102 valence electrons. The molecular formula is C17H17NOS. The molecule has 1 aliphatic heterocycles. The zero-order chi connectivity index (χ0) is 13.6. The molecule has 0 radical (unpaired) electrons. The van der Waals surface area contributed by atoms with E-state index < -0.39 is 0 Å². The first-order chi connectivity index (χ1) is 9.90. The molecule has 0 spiro atoms. The maximum absolute atomic E-state index is 5.51. The van der Waals surface area contributed by atoms with Crippen molar-refractivity contribution in [3.8, 4) is 0 Å². The Kier molecular flexibility index (Phi) is 4.38. The molecule has 0 N–H and O–H groups in total. The van der Waals surface area contributed by atoms with Crippen LogP contribution in [0.2, 0.25) is 0 Å². The van der Waals surface area contributed by atoms with Gasteiger partial charge in [-0.05, 0) is 30.5 Å². The van der Waals surface area contributed by atoms with Gasteiger partial charge in [0, 0.05) is 11.3 Å². The molecule has 1 heterocycles. The minimum absolute atomic E-state index is 0.128. The average Bonchev–Trinajstić information content (AvgIpc) is 2.95. The third-order valence-electron chi connectivity index (χ3n) is 3.26. The molecule has 1 atom stereocenters. The summed E-state index contributed by atoms with van der Waals surface area (Å²) < 4.78 is 0. The molecule has 1 aliphatic rings. The zero-order valence-electron chi connectivity index (χ0n) is 11.2. The van der Waals surface area contributed by atoms with Crippen molar-refractivity contribution in [2.45, 2.75) is 29.6 Å². The van der Waals surface area contributed by atoms with Crippen LogP contribution in [-0.4, -0.2) is 11.1 Å². The smallest absolute Gasteiger partial charge is 0.182 e. The Bertz CT molecular complexity index is 568. The number of benzene rings is 2. The molecule has 20 heavy (non-hydrogen) atoms. The normalized spacial score (nSPS) is 17.6. The van der Waals surface area contributed by atoms with E-state index in [1.54, 1.807) is 11.8 Å². The van der Waals surface area contributed by atoms with Crippen molar-refractivity contribution < 1.29 is 4.84 Å². The fraction of sp³-hybridized carbons (Fsp3) is 0.235. The maximum Gasteiger partial charge on any atom is 0.182 e. The summed E-state index contributed by atoms with van der Waals surface area (Å²) in [5, 5.41) is 4.22. The van der Waals surface area contributed by atoms with E-state index in [4.69, 9.17) is 4.84 Å². The highest BCUT2D eigenvalue weighted by molar-refractivity contribution is 7.99. The molecule has 0 saturated heterocycles. The van der Waals surface area contributed by atoms with Crippen molar-refractivity contribution in [2.24, 2.45) is 5.16 Å². The Labute approximate surface area is 123 Å². The van der Waals surface area contributed by atoms with E-state index in [1.807, 2.05) is 12.1 Å². The van der Waals surface area contributed by atoms with Crippen molar-refractivity contribution in [3.63, 3.8) is 0 Å². The Morgan fingerprint density at radius 3 is 2.40 bits per heavy atom. The summed E-state index contributed by atoms with van der Waals surface area (Å²) in [6, 6.07) is 20.9. The molecule has 3 rings (SSSR count). The van der Waals surface area contributed by atoms with Crippen LogP contribution in [0.15, 0.2) is 70.7 Å². The lowest BCUT2D eigenvalue weighted by Gasteiger charge is -2.07. The number of nitrogens with zero attached hydrogens (tertiary/aromatic N) is 1. The van der Waals surface area contributed by atoms with Gasteiger partial charge >= 0.3 is 0 Å². The van der Waals surface area contributed by atoms with E-state index in [2.05, 4.69) is 53.7 Å². The minimum Gasteiger partial charge on any atom is -0.381 e. The van der Waals surface area contributed by atoms with Gasteiger partial charge < -0.3 is 4.84 Å². The van der Waals surface area contributed by atoms with Gasteiger partial charge in [-0.2, -0.15) is 0 Å². The molecule has 2 aromatic rings. The number of rotatable bonds is 5. The number of oxime groups is 1. The molecule has 3 heteroatoms. The molecule has 0 amide bonds. The molecule has 0 aliphatic carbocycles. The Morgan fingerprint density at radius 1 is 0.950 bits per heavy atom. The van der Waals surface area contributed by atoms with Crippen molar-refractivity contribution >= 4 is 17.5 Å². The van der Waals surface area contributed by atoms with E-state index in [1.165, 1.54) is 16.2 Å². The Morgan fingerprint density at radius 2 is 1.65 bits per heavy atom. The zero-order valence-corrected chi connectivity index (χ0v) is 12.1. The van der Waals surface area contributed by atoms with Gasteiger partial charge in [0.05, 0.1) is 5.71 Å². The summed E-state index contributed by atoms with van der Waals surface area (Å²) in [5.74, 6) is 0. The highest BCUT2D eigenvalue weighted by Gasteiger charge is 2.21. The predicted molar refractivity (Wildman–Crippen MR) is 84.0 cm³/mol. The third kappa shape index (κ3) is 3.64. The second kappa shape index (κ2) is 6.62. The van der Waals surface area contributed by atoms with Crippen molar-refractivity contribution in [1.82, 2.24) is 0 Å². The molecule has 0 fully saturated rings. The van der Waals surface area contributed by atoms with Gasteiger partial charge in [-0.1, -0.05) is 65.4 Å². The number of aryl methyl sites for hydroxylation is 1. The van der Waals surface area contributed by atoms with Crippen LogP contribution in [0.25, 0.3) is 0 Å². The summed E-state index contributed by atoms with van der Waals surface area (Å²) in [6.07, 6.45) is 2.94. The van der Waals surface area contributed by atoms with E-state index in [0.29, 0.717) is 0 Å². The standard InChI is InChI=1S/C17H17NOS/c1-3-7-14(8-4-1)11-12-15-13-17(19-18-15)20-16-9-5-2-6-10-16/h1-10,17H,11-13H2. The highest BCUT2D eigenvalue weighted by atomic mass is 32.2. The summed E-state index contributed by atoms with van der Waals surface area (Å²) >= 11 is 1.74. The fourth-order valence-corrected chi connectivity index (χ4v) is 3.17.